The van der Waals surface area contributed by atoms with Crippen LogP contribution in [0.25, 0.3) is 0 Å². The maximum atomic E-state index is 13.3. The van der Waals surface area contributed by atoms with E-state index in [4.69, 9.17) is 42.6 Å². The van der Waals surface area contributed by atoms with Crippen molar-refractivity contribution in [2.24, 2.45) is 0 Å². The highest BCUT2D eigenvalue weighted by Crippen LogP contribution is 2.44. The first kappa shape index (κ1) is 112. The highest BCUT2D eigenvalue weighted by Gasteiger charge is 2.65. The van der Waals surface area contributed by atoms with Crippen molar-refractivity contribution in [1.29, 1.82) is 0 Å². The molecule has 736 valence electrons. The van der Waals surface area contributed by atoms with Gasteiger partial charge in [-0.25, -0.2) is 71.1 Å². The van der Waals surface area contributed by atoms with E-state index in [2.05, 4.69) is 71.1 Å². The van der Waals surface area contributed by atoms with Crippen LogP contribution in [-0.4, -0.2) is 407 Å². The zero-order chi connectivity index (χ0) is 95.9. The Hall–Kier alpha value is -2.57. The van der Waals surface area contributed by atoms with Gasteiger partial charge >= 0.3 is 177 Å². The van der Waals surface area contributed by atoms with Crippen molar-refractivity contribution in [1.82, 2.24) is 0 Å². The molecule has 5 heterocycles. The van der Waals surface area contributed by atoms with Gasteiger partial charge in [-0.15, -0.1) is 0 Å². The Bertz CT molecular complexity index is 5860. The van der Waals surface area contributed by atoms with Crippen LogP contribution in [-0.2, 0) is 291 Å². The van der Waals surface area contributed by atoms with Crippen molar-refractivity contribution in [3.05, 3.63) is 0 Å². The largest absolute Gasteiger partial charge is 0.399 e. The third kappa shape index (κ3) is 40.5. The van der Waals surface area contributed by atoms with Gasteiger partial charge in [0.25, 0.3) is 0 Å². The molecule has 0 spiro atoms. The van der Waals surface area contributed by atoms with Crippen molar-refractivity contribution < 1.29 is 334 Å². The normalized spacial score (nSPS) is 32.8. The summed E-state index contributed by atoms with van der Waals surface area (Å²) in [6, 6.07) is 0. The molecule has 0 aromatic rings. The molecule has 25 atom stereocenters. The Morgan fingerprint density at radius 1 is 0.145 bits per heavy atom. The molecule has 0 radical (unpaired) electrons. The van der Waals surface area contributed by atoms with Crippen LogP contribution in [0.1, 0.15) is 0 Å². The molecule has 5 aliphatic heterocycles. The summed E-state index contributed by atoms with van der Waals surface area (Å²) in [6.07, 6.45) is -99.3. The lowest BCUT2D eigenvalue weighted by molar-refractivity contribution is -0.386. The van der Waals surface area contributed by atoms with Gasteiger partial charge in [0.1, 0.15) is 97.7 Å². The molecule has 0 aliphatic carbocycles. The average molecular weight is 2190 g/mol. The van der Waals surface area contributed by atoms with Crippen LogP contribution in [0.4, 0.5) is 0 Å². The Labute approximate surface area is 692 Å². The molecule has 94 heteroatoms. The predicted octanol–water partition coefficient (Wildman–Crippen LogP) is -14.9. The molecule has 0 aromatic heterocycles. The van der Waals surface area contributed by atoms with Crippen molar-refractivity contribution in [3.8, 4) is 0 Å². The summed E-state index contributed by atoms with van der Waals surface area (Å²) in [6.45, 7) is -12.4. The second-order valence-electron chi connectivity index (χ2n) is 22.6. The summed E-state index contributed by atoms with van der Waals surface area (Å²) < 4.78 is 713. The second-order valence-corrected chi connectivity index (χ2v) is 40.6. The monoisotopic (exact) mass is 2190 g/mol. The van der Waals surface area contributed by atoms with Crippen molar-refractivity contribution in [2.45, 2.75) is 154 Å². The summed E-state index contributed by atoms with van der Waals surface area (Å²) in [7, 11) is -114. The average Bonchev–Trinajstić information content (AvgIpc) is 0.748. The van der Waals surface area contributed by atoms with Gasteiger partial charge < -0.3 is 42.6 Å². The second kappa shape index (κ2) is 40.7. The number of ether oxygens (including phenoxy) is 9. The summed E-state index contributed by atoms with van der Waals surface area (Å²) >= 11 is 0. The summed E-state index contributed by atoms with van der Waals surface area (Å²) in [5.74, 6) is 0. The van der Waals surface area contributed by atoms with Crippen LogP contribution in [0.2, 0.25) is 0 Å². The molecule has 2 unspecified atom stereocenters. The molecule has 0 saturated carbocycles. The third-order valence-electron chi connectivity index (χ3n) is 13.8. The van der Waals surface area contributed by atoms with Crippen LogP contribution in [0, 0.1) is 0 Å². The van der Waals surface area contributed by atoms with E-state index in [0.717, 1.165) is 0 Å². The Kier molecular flexibility index (Phi) is 36.7. The van der Waals surface area contributed by atoms with Crippen molar-refractivity contribution in [2.75, 3.05) is 33.0 Å². The lowest BCUT2D eigenvalue weighted by atomic mass is 9.95. The smallest absolute Gasteiger partial charge is 0.341 e. The fourth-order valence-electron chi connectivity index (χ4n) is 10.4. The maximum absolute atomic E-state index is 13.3. The molecule has 17 N–H and O–H groups in total. The van der Waals surface area contributed by atoms with E-state index in [0.29, 0.717) is 0 Å². The number of hydrogen-bond acceptors (Lipinski definition) is 60. The Morgan fingerprint density at radius 3 is 0.444 bits per heavy atom. The fraction of sp³-hybridized carbons (Fsp3) is 1.00. The molecular formula is C30H52O77S17. The van der Waals surface area contributed by atoms with Crippen LogP contribution in [0.3, 0.4) is 0 Å². The summed E-state index contributed by atoms with van der Waals surface area (Å²) in [5.41, 5.74) is 0. The SMILES string of the molecule is O=S(=O)(O)OC[C@H]1O[C@H](O[C@@H]2[C@H](OS(=O)(=O)O)[C@@H](O[C@@H]3[C@H](OS(=O)(=O)O)[C@@H](O[C@@H]4C(OS(=O)(=O)O)O[C@H](COS(=O)(=O)O)[C@@H](OS(=O)(=O)O)[C@@H]4OS(=O)(=O)O)O[C@H](COS(=O)(=O)O)[C@H]3OS(=O)(=O)O)O[C@H](COS(=O)(=O)O)[C@H]2OS(=O)(=O)O)[C@@H](OS(=O)(=O)O)[C@@H](OC2O[C@H](COS(=O)(=O)O)[C@@H](OS(=O)(=O)O)[C@H](OS(=O)(=O)O)[C@@H]2OS(=O)(=O)O)[C@@H]1OS(=O)(=O)O. The first-order valence-corrected chi connectivity index (χ1v) is 52.0. The van der Waals surface area contributed by atoms with Crippen molar-refractivity contribution >= 4 is 177 Å². The minimum absolute atomic E-state index is 2.26. The zero-order valence-corrected chi connectivity index (χ0v) is 70.9. The zero-order valence-electron chi connectivity index (χ0n) is 57.0. The van der Waals surface area contributed by atoms with Crippen LogP contribution in [0.5, 0.6) is 0 Å². The lowest BCUT2D eigenvalue weighted by Gasteiger charge is -2.51. The van der Waals surface area contributed by atoms with E-state index >= 15 is 0 Å². The molecule has 5 rings (SSSR count). The van der Waals surface area contributed by atoms with Crippen LogP contribution < -0.4 is 0 Å². The molecule has 0 amide bonds. The van der Waals surface area contributed by atoms with E-state index in [1.807, 2.05) is 0 Å². The van der Waals surface area contributed by atoms with E-state index in [9.17, 15) is 220 Å². The van der Waals surface area contributed by atoms with E-state index in [1.54, 1.807) is 0 Å². The quantitative estimate of drug-likeness (QED) is 0.0252. The first-order chi connectivity index (χ1) is 55.0. The molecule has 5 aliphatic rings. The van der Waals surface area contributed by atoms with Gasteiger partial charge in [-0.05, 0) is 0 Å². The molecule has 0 bridgehead atoms. The molecule has 5 saturated heterocycles. The van der Waals surface area contributed by atoms with E-state index in [1.165, 1.54) is 0 Å². The highest BCUT2D eigenvalue weighted by atomic mass is 32.3. The fourth-order valence-corrected chi connectivity index (χ4v) is 17.9. The minimum Gasteiger partial charge on any atom is -0.341 e. The highest BCUT2D eigenvalue weighted by molar-refractivity contribution is 7.84. The van der Waals surface area contributed by atoms with Gasteiger partial charge in [0, 0.05) is 0 Å². The molecule has 5 fully saturated rings. The van der Waals surface area contributed by atoms with Crippen LogP contribution >= 0.6 is 0 Å². The summed E-state index contributed by atoms with van der Waals surface area (Å²) in [4.78, 5) is 0. The van der Waals surface area contributed by atoms with Gasteiger partial charge in [0.05, 0.1) is 33.0 Å². The Morgan fingerprint density at radius 2 is 0.274 bits per heavy atom. The third-order valence-corrected chi connectivity index (χ3v) is 21.5. The van der Waals surface area contributed by atoms with Gasteiger partial charge in [-0.3, -0.25) is 77.4 Å². The maximum Gasteiger partial charge on any atom is 0.399 e. The van der Waals surface area contributed by atoms with Gasteiger partial charge in [-0.1, -0.05) is 0 Å². The van der Waals surface area contributed by atoms with E-state index < -0.39 is 363 Å². The standard InChI is InChI=1S/C30H52O77S17/c31-108(32,33)82-1-6-11(96-113(46,47)48)16(92-27-23(104-121(70,71)72)17(12(97-114(49,50)51)7(88-27)2-83-109(34,35)36)94-29-25(106-123(76,77)78)20(102-119(64,65)66)15(100-117(58,59)60)9(90-29)4-85-111(40,41)42)22(103-120(67,68)69)26(87-6)93-18-13(98-115(52,53)54)8(3-84-110(37,38)39)89-28(24(18)105-122(73,74)75)95-21-19(101-118(61,62)63)14(99-116(55,56)57)10(5-86-112(43,44)45)91-30(21)107-124(79,80)81/h6-30H,1-5H2,(H,31,32,33)(H,34,35,36)(H,37,38,39)(H,40,41,42)(H,43,44,45)(H,46,47,48)(H,49,50,51)(H,52,53,54)(H,55,56,57)(H,58,59,60)(H,61,62,63)(H,64,65,66)(H,67,68,69)(H,70,71,72)(H,73,74,75)(H,76,77,78)(H,79,80,81)/t6-,7-,8-,9-,10-,11-,12-,13-,14-,15-,16+,17+,18+,19+,20+,21+,22+,23+,24+,25+,26-,27-,28-,29?,30?/m1/s1. The molecule has 0 aromatic carbocycles. The predicted molar refractivity (Wildman–Crippen MR) is 344 cm³/mol. The van der Waals surface area contributed by atoms with Crippen molar-refractivity contribution in [3.63, 3.8) is 0 Å². The molecule has 124 heavy (non-hydrogen) atoms. The van der Waals surface area contributed by atoms with E-state index in [-0.39, 0.29) is 0 Å². The van der Waals surface area contributed by atoms with Gasteiger partial charge in [-0.2, -0.15) is 143 Å². The molecule has 77 nitrogen and oxygen atoms in total. The molecular weight excluding hydrogens is 2140 g/mol. The number of hydrogen-bond donors (Lipinski definition) is 17. The Balaban J connectivity index is 2.06. The topological polar surface area (TPSA) is 1160 Å². The minimum atomic E-state index is -7.17. The van der Waals surface area contributed by atoms with Gasteiger partial charge in [0.2, 0.25) is 6.29 Å². The first-order valence-electron chi connectivity index (χ1n) is 28.8. The lowest BCUT2D eigenvalue weighted by Crippen LogP contribution is -2.70. The van der Waals surface area contributed by atoms with Gasteiger partial charge in [0.15, 0.2) is 49.6 Å². The van der Waals surface area contributed by atoms with Crippen LogP contribution in [0.15, 0.2) is 0 Å². The summed E-state index contributed by atoms with van der Waals surface area (Å²) in [5, 5.41) is 0. The number of rotatable bonds is 47.